The minimum atomic E-state index is -3.80. The molecule has 27 heavy (non-hydrogen) atoms. The lowest BCUT2D eigenvalue weighted by Gasteiger charge is -2.15. The number of nitrogens with zero attached hydrogens (tertiary/aromatic N) is 2. The summed E-state index contributed by atoms with van der Waals surface area (Å²) in [6, 6.07) is 5.76. The van der Waals surface area contributed by atoms with Crippen LogP contribution in [0.5, 0.6) is 0 Å². The number of benzene rings is 1. The summed E-state index contributed by atoms with van der Waals surface area (Å²) in [5, 5.41) is 10.4. The van der Waals surface area contributed by atoms with Crippen molar-refractivity contribution in [3.8, 4) is 0 Å². The number of rotatable bonds is 6. The molecule has 1 aromatic carbocycles. The minimum Gasteiger partial charge on any atom is -0.349 e. The van der Waals surface area contributed by atoms with Gasteiger partial charge in [-0.2, -0.15) is 0 Å². The lowest BCUT2D eigenvalue weighted by molar-refractivity contribution is -0.121. The van der Waals surface area contributed by atoms with E-state index in [0.717, 1.165) is 6.42 Å². The number of hydrogen-bond acceptors (Lipinski definition) is 6. The fraction of sp³-hybridized carbons (Fsp3) is 0.353. The van der Waals surface area contributed by atoms with Crippen LogP contribution in [0, 0.1) is 0 Å². The third kappa shape index (κ3) is 4.71. The van der Waals surface area contributed by atoms with Crippen LogP contribution in [0.1, 0.15) is 37.1 Å². The third-order valence-electron chi connectivity index (χ3n) is 4.25. The number of nitrogens with two attached hydrogens (primary N) is 1. The quantitative estimate of drug-likeness (QED) is 0.747. The Morgan fingerprint density at radius 1 is 1.44 bits per heavy atom. The molecule has 1 aliphatic rings. The van der Waals surface area contributed by atoms with E-state index in [1.807, 2.05) is 0 Å². The fourth-order valence-corrected chi connectivity index (χ4v) is 4.29. The molecule has 1 atom stereocenters. The van der Waals surface area contributed by atoms with Gasteiger partial charge >= 0.3 is 0 Å². The molecule has 1 aromatic heterocycles. The summed E-state index contributed by atoms with van der Waals surface area (Å²) in [6.07, 6.45) is 1.44. The average Bonchev–Trinajstić information content (AvgIpc) is 3.22. The highest BCUT2D eigenvalue weighted by Crippen LogP contribution is 2.25. The molecule has 3 rings (SSSR count). The fourth-order valence-electron chi connectivity index (χ4n) is 2.85. The van der Waals surface area contributed by atoms with E-state index in [2.05, 4.69) is 10.3 Å². The van der Waals surface area contributed by atoms with E-state index in [0.29, 0.717) is 29.4 Å². The number of primary sulfonamides is 1. The Kier molecular flexibility index (Phi) is 5.59. The minimum absolute atomic E-state index is 0.000484. The van der Waals surface area contributed by atoms with Crippen molar-refractivity contribution >= 4 is 38.3 Å². The molecule has 0 spiro atoms. The van der Waals surface area contributed by atoms with Crippen LogP contribution in [0.4, 0.5) is 5.13 Å². The van der Waals surface area contributed by atoms with Crippen molar-refractivity contribution in [2.75, 3.05) is 11.4 Å². The highest BCUT2D eigenvalue weighted by atomic mass is 32.2. The normalized spacial score (nSPS) is 15.8. The van der Waals surface area contributed by atoms with Crippen LogP contribution in [0.2, 0.25) is 0 Å². The number of anilines is 1. The molecule has 0 saturated carbocycles. The van der Waals surface area contributed by atoms with Crippen LogP contribution in [-0.2, 0) is 26.0 Å². The number of sulfonamides is 1. The Balaban J connectivity index is 1.62. The van der Waals surface area contributed by atoms with E-state index in [-0.39, 0.29) is 23.1 Å². The molecule has 3 N–H and O–H groups in total. The lowest BCUT2D eigenvalue weighted by atomic mass is 10.1. The van der Waals surface area contributed by atoms with Crippen LogP contribution in [0.15, 0.2) is 34.5 Å². The first-order valence-corrected chi connectivity index (χ1v) is 10.8. The number of aromatic nitrogens is 1. The van der Waals surface area contributed by atoms with Crippen molar-refractivity contribution in [3.05, 3.63) is 40.9 Å². The number of thiazole rings is 1. The number of amides is 2. The Bertz CT molecular complexity index is 971. The van der Waals surface area contributed by atoms with Gasteiger partial charge in [-0.25, -0.2) is 18.5 Å². The summed E-state index contributed by atoms with van der Waals surface area (Å²) < 4.78 is 22.9. The molecule has 0 radical (unpaired) electrons. The highest BCUT2D eigenvalue weighted by molar-refractivity contribution is 7.89. The zero-order valence-corrected chi connectivity index (χ0v) is 16.3. The van der Waals surface area contributed by atoms with Crippen molar-refractivity contribution in [3.63, 3.8) is 0 Å². The van der Waals surface area contributed by atoms with Gasteiger partial charge < -0.3 is 5.32 Å². The van der Waals surface area contributed by atoms with Crippen molar-refractivity contribution < 1.29 is 18.0 Å². The average molecular weight is 409 g/mol. The lowest BCUT2D eigenvalue weighted by Crippen LogP contribution is -2.28. The molecule has 0 unspecified atom stereocenters. The molecular formula is C17H20N4O4S2. The molecule has 2 amide bonds. The molecule has 8 nitrogen and oxygen atoms in total. The van der Waals surface area contributed by atoms with Crippen LogP contribution in [-0.4, -0.2) is 31.8 Å². The Labute approximate surface area is 161 Å². The number of nitrogens with one attached hydrogen (secondary N) is 1. The molecule has 1 aliphatic heterocycles. The summed E-state index contributed by atoms with van der Waals surface area (Å²) in [5.41, 5.74) is 1.23. The Morgan fingerprint density at radius 2 is 2.22 bits per heavy atom. The SMILES string of the molecule is C[C@@H](NC(=O)Cc1csc(N2CCCC2=O)n1)c1cccc(S(N)(=O)=O)c1. The maximum Gasteiger partial charge on any atom is 0.238 e. The van der Waals surface area contributed by atoms with Crippen molar-refractivity contribution in [2.24, 2.45) is 5.14 Å². The van der Waals surface area contributed by atoms with Gasteiger partial charge in [-0.15, -0.1) is 11.3 Å². The second-order valence-corrected chi connectivity index (χ2v) is 8.75. The third-order valence-corrected chi connectivity index (χ3v) is 6.07. The van der Waals surface area contributed by atoms with Gasteiger partial charge in [-0.1, -0.05) is 12.1 Å². The van der Waals surface area contributed by atoms with Gasteiger partial charge in [0.25, 0.3) is 0 Å². The smallest absolute Gasteiger partial charge is 0.238 e. The molecule has 2 aromatic rings. The van der Waals surface area contributed by atoms with Gasteiger partial charge in [0.05, 0.1) is 23.1 Å². The van der Waals surface area contributed by atoms with Gasteiger partial charge in [0.15, 0.2) is 5.13 Å². The molecule has 0 aliphatic carbocycles. The number of carbonyl (C=O) groups excluding carboxylic acids is 2. The predicted molar refractivity (Wildman–Crippen MR) is 102 cm³/mol. The second-order valence-electron chi connectivity index (χ2n) is 6.35. The molecular weight excluding hydrogens is 388 g/mol. The van der Waals surface area contributed by atoms with Crippen molar-refractivity contribution in [1.29, 1.82) is 0 Å². The van der Waals surface area contributed by atoms with E-state index >= 15 is 0 Å². The summed E-state index contributed by atoms with van der Waals surface area (Å²) in [6.45, 7) is 2.42. The highest BCUT2D eigenvalue weighted by Gasteiger charge is 2.24. The van der Waals surface area contributed by atoms with Crippen LogP contribution >= 0.6 is 11.3 Å². The van der Waals surface area contributed by atoms with E-state index in [9.17, 15) is 18.0 Å². The van der Waals surface area contributed by atoms with Gasteiger partial charge in [0, 0.05) is 18.3 Å². The Morgan fingerprint density at radius 3 is 2.89 bits per heavy atom. The first kappa shape index (κ1) is 19.5. The van der Waals surface area contributed by atoms with Gasteiger partial charge in [-0.3, -0.25) is 14.5 Å². The topological polar surface area (TPSA) is 122 Å². The molecule has 1 saturated heterocycles. The summed E-state index contributed by atoms with van der Waals surface area (Å²) in [7, 11) is -3.80. The Hall–Kier alpha value is -2.30. The molecule has 1 fully saturated rings. The van der Waals surface area contributed by atoms with Gasteiger partial charge in [-0.05, 0) is 31.0 Å². The van der Waals surface area contributed by atoms with E-state index in [1.165, 1.54) is 23.5 Å². The zero-order chi connectivity index (χ0) is 19.6. The standard InChI is InChI=1S/C17H20N4O4S2/c1-11(12-4-2-5-14(8-12)27(18,24)25)19-15(22)9-13-10-26-17(20-13)21-7-3-6-16(21)23/h2,4-5,8,10-11H,3,6-7,9H2,1H3,(H,19,22)(H2,18,24,25)/t11-/m1/s1. The number of carbonyl (C=O) groups is 2. The van der Waals surface area contributed by atoms with Crippen LogP contribution in [0.25, 0.3) is 0 Å². The maximum atomic E-state index is 12.3. The molecule has 0 bridgehead atoms. The van der Waals surface area contributed by atoms with Crippen LogP contribution in [0.3, 0.4) is 0 Å². The summed E-state index contributed by atoms with van der Waals surface area (Å²) in [5.74, 6) is -0.184. The largest absolute Gasteiger partial charge is 0.349 e. The van der Waals surface area contributed by atoms with Gasteiger partial charge in [0.2, 0.25) is 21.8 Å². The predicted octanol–water partition coefficient (Wildman–Crippen LogP) is 1.34. The van der Waals surface area contributed by atoms with E-state index in [4.69, 9.17) is 5.14 Å². The van der Waals surface area contributed by atoms with E-state index in [1.54, 1.807) is 29.3 Å². The second kappa shape index (κ2) is 7.75. The maximum absolute atomic E-state index is 12.3. The van der Waals surface area contributed by atoms with Crippen molar-refractivity contribution in [1.82, 2.24) is 10.3 Å². The summed E-state index contributed by atoms with van der Waals surface area (Å²) >= 11 is 1.35. The first-order valence-electron chi connectivity index (χ1n) is 8.41. The monoisotopic (exact) mass is 408 g/mol. The van der Waals surface area contributed by atoms with Crippen LogP contribution < -0.4 is 15.4 Å². The molecule has 10 heteroatoms. The zero-order valence-electron chi connectivity index (χ0n) is 14.7. The van der Waals surface area contributed by atoms with Crippen molar-refractivity contribution in [2.45, 2.75) is 37.1 Å². The molecule has 2 heterocycles. The first-order chi connectivity index (χ1) is 12.7. The number of hydrogen-bond donors (Lipinski definition) is 2. The summed E-state index contributed by atoms with van der Waals surface area (Å²) in [4.78, 5) is 30.1. The van der Waals surface area contributed by atoms with Gasteiger partial charge in [0.1, 0.15) is 0 Å². The molecule has 144 valence electrons. The van der Waals surface area contributed by atoms with E-state index < -0.39 is 16.1 Å².